The summed E-state index contributed by atoms with van der Waals surface area (Å²) in [7, 11) is 0. The number of ether oxygens (including phenoxy) is 1. The highest BCUT2D eigenvalue weighted by molar-refractivity contribution is 7.22. The summed E-state index contributed by atoms with van der Waals surface area (Å²) in [6.45, 7) is 10.1. The summed E-state index contributed by atoms with van der Waals surface area (Å²) in [4.78, 5) is 9.83. The minimum absolute atomic E-state index is 0.230. The quantitative estimate of drug-likeness (QED) is 0.557. The number of para-hydroxylation sites is 1. The standard InChI is InChI=1S/C22H31N7OS/c1-16(2)14-19(21-24-25-26-29(21)15-17-6-5-13-30-17)27-9-11-28(12-10-27)22-23-18-7-3-4-8-20(18)31-22/h3-4,7-8,16-17,19H,5-6,9-15H2,1-2H3/t17-,19-/m1/s1. The molecule has 0 spiro atoms. The lowest BCUT2D eigenvalue weighted by Gasteiger charge is -2.39. The highest BCUT2D eigenvalue weighted by atomic mass is 32.1. The van der Waals surface area contributed by atoms with Gasteiger partial charge in [-0.2, -0.15) is 0 Å². The van der Waals surface area contributed by atoms with E-state index in [0.29, 0.717) is 5.92 Å². The molecule has 31 heavy (non-hydrogen) atoms. The number of fused-ring (bicyclic) bond motifs is 1. The Morgan fingerprint density at radius 2 is 2.00 bits per heavy atom. The molecular formula is C22H31N7OS. The maximum absolute atomic E-state index is 5.83. The second-order valence-electron chi connectivity index (χ2n) is 8.99. The number of tetrazole rings is 1. The Balaban J connectivity index is 1.29. The summed E-state index contributed by atoms with van der Waals surface area (Å²) in [5, 5.41) is 14.0. The van der Waals surface area contributed by atoms with E-state index in [-0.39, 0.29) is 12.1 Å². The molecule has 0 radical (unpaired) electrons. The van der Waals surface area contributed by atoms with Crippen LogP contribution in [0.5, 0.6) is 0 Å². The van der Waals surface area contributed by atoms with Crippen LogP contribution in [0.4, 0.5) is 5.13 Å². The van der Waals surface area contributed by atoms with Crippen LogP contribution in [-0.4, -0.2) is 69.0 Å². The van der Waals surface area contributed by atoms with E-state index in [1.807, 2.05) is 4.68 Å². The van der Waals surface area contributed by atoms with Crippen LogP contribution in [0.1, 0.15) is 45.0 Å². The first kappa shape index (κ1) is 20.8. The molecule has 2 aliphatic rings. The van der Waals surface area contributed by atoms with Gasteiger partial charge in [-0.1, -0.05) is 37.3 Å². The maximum atomic E-state index is 5.83. The van der Waals surface area contributed by atoms with Crippen molar-refractivity contribution in [3.8, 4) is 0 Å². The topological polar surface area (TPSA) is 72.2 Å². The fraction of sp³-hybridized carbons (Fsp3) is 0.636. The second kappa shape index (κ2) is 9.18. The van der Waals surface area contributed by atoms with Crippen LogP contribution in [-0.2, 0) is 11.3 Å². The summed E-state index contributed by atoms with van der Waals surface area (Å²) in [5.74, 6) is 1.55. The number of anilines is 1. The molecular weight excluding hydrogens is 410 g/mol. The Bertz CT molecular complexity index is 956. The van der Waals surface area contributed by atoms with Crippen molar-refractivity contribution >= 4 is 26.7 Å². The fourth-order valence-corrected chi connectivity index (χ4v) is 5.66. The minimum atomic E-state index is 0.230. The number of aromatic nitrogens is 5. The molecule has 2 aliphatic heterocycles. The summed E-state index contributed by atoms with van der Waals surface area (Å²) in [6, 6.07) is 8.62. The number of hydrogen-bond acceptors (Lipinski definition) is 8. The van der Waals surface area contributed by atoms with Crippen LogP contribution < -0.4 is 4.90 Å². The van der Waals surface area contributed by atoms with E-state index in [1.165, 1.54) is 4.70 Å². The second-order valence-corrected chi connectivity index (χ2v) is 10.00. The van der Waals surface area contributed by atoms with Gasteiger partial charge >= 0.3 is 0 Å². The third-order valence-corrected chi connectivity index (χ3v) is 7.36. The van der Waals surface area contributed by atoms with Crippen molar-refractivity contribution < 1.29 is 4.74 Å². The Labute approximate surface area is 187 Å². The molecule has 2 fully saturated rings. The van der Waals surface area contributed by atoms with E-state index in [4.69, 9.17) is 9.72 Å². The Kier molecular flexibility index (Phi) is 6.15. The summed E-state index contributed by atoms with van der Waals surface area (Å²) in [5.41, 5.74) is 1.09. The Hall–Kier alpha value is -2.10. The summed E-state index contributed by atoms with van der Waals surface area (Å²) >= 11 is 1.79. The lowest BCUT2D eigenvalue weighted by Crippen LogP contribution is -2.48. The highest BCUT2D eigenvalue weighted by Gasteiger charge is 2.31. The van der Waals surface area contributed by atoms with Crippen molar-refractivity contribution in [1.29, 1.82) is 0 Å². The van der Waals surface area contributed by atoms with E-state index < -0.39 is 0 Å². The van der Waals surface area contributed by atoms with Gasteiger partial charge in [0.05, 0.1) is 28.9 Å². The van der Waals surface area contributed by atoms with Crippen molar-refractivity contribution in [2.45, 2.75) is 51.8 Å². The number of benzene rings is 1. The average Bonchev–Trinajstić information content (AvgIpc) is 3.53. The van der Waals surface area contributed by atoms with Crippen LogP contribution in [0.15, 0.2) is 24.3 Å². The largest absolute Gasteiger partial charge is 0.376 e. The van der Waals surface area contributed by atoms with Crippen LogP contribution in [0.2, 0.25) is 0 Å². The van der Waals surface area contributed by atoms with E-state index in [1.54, 1.807) is 11.3 Å². The van der Waals surface area contributed by atoms with Gasteiger partial charge in [0.1, 0.15) is 0 Å². The lowest BCUT2D eigenvalue weighted by atomic mass is 10.0. The molecule has 166 valence electrons. The van der Waals surface area contributed by atoms with Gasteiger partial charge in [-0.05, 0) is 47.7 Å². The molecule has 0 amide bonds. The number of hydrogen-bond donors (Lipinski definition) is 0. The third kappa shape index (κ3) is 4.58. The lowest BCUT2D eigenvalue weighted by molar-refractivity contribution is 0.0885. The average molecular weight is 442 g/mol. The Morgan fingerprint density at radius 3 is 2.74 bits per heavy atom. The van der Waals surface area contributed by atoms with Crippen LogP contribution >= 0.6 is 11.3 Å². The Morgan fingerprint density at radius 1 is 1.16 bits per heavy atom. The fourth-order valence-electron chi connectivity index (χ4n) is 4.65. The van der Waals surface area contributed by atoms with E-state index in [9.17, 15) is 0 Å². The van der Waals surface area contributed by atoms with Gasteiger partial charge in [0.25, 0.3) is 0 Å². The molecule has 0 saturated carbocycles. The molecule has 0 bridgehead atoms. The molecule has 2 aromatic heterocycles. The zero-order valence-corrected chi connectivity index (χ0v) is 19.2. The van der Waals surface area contributed by atoms with Crippen molar-refractivity contribution in [2.24, 2.45) is 5.92 Å². The van der Waals surface area contributed by atoms with Crippen molar-refractivity contribution in [2.75, 3.05) is 37.7 Å². The van der Waals surface area contributed by atoms with E-state index in [0.717, 1.165) is 75.1 Å². The number of nitrogens with zero attached hydrogens (tertiary/aromatic N) is 7. The molecule has 0 aliphatic carbocycles. The first-order chi connectivity index (χ1) is 15.2. The maximum Gasteiger partial charge on any atom is 0.186 e. The summed E-state index contributed by atoms with van der Waals surface area (Å²) in [6.07, 6.45) is 3.51. The van der Waals surface area contributed by atoms with Gasteiger partial charge in [0.15, 0.2) is 11.0 Å². The van der Waals surface area contributed by atoms with Crippen LogP contribution in [0, 0.1) is 5.92 Å². The minimum Gasteiger partial charge on any atom is -0.376 e. The van der Waals surface area contributed by atoms with Crippen molar-refractivity contribution in [1.82, 2.24) is 30.1 Å². The number of piperazine rings is 1. The van der Waals surface area contributed by atoms with Crippen LogP contribution in [0.3, 0.4) is 0 Å². The van der Waals surface area contributed by atoms with Gasteiger partial charge in [0.2, 0.25) is 0 Å². The zero-order valence-electron chi connectivity index (χ0n) is 18.4. The van der Waals surface area contributed by atoms with E-state index in [2.05, 4.69) is 63.4 Å². The van der Waals surface area contributed by atoms with Gasteiger partial charge in [-0.3, -0.25) is 4.90 Å². The molecule has 1 aromatic carbocycles. The molecule has 8 nitrogen and oxygen atoms in total. The third-order valence-electron chi connectivity index (χ3n) is 6.26. The van der Waals surface area contributed by atoms with Crippen LogP contribution in [0.25, 0.3) is 10.2 Å². The first-order valence-corrected chi connectivity index (χ1v) is 12.2. The SMILES string of the molecule is CC(C)C[C@H](c1nnnn1C[C@H]1CCCO1)N1CCN(c2nc3ccccc3s2)CC1. The molecule has 0 N–H and O–H groups in total. The smallest absolute Gasteiger partial charge is 0.186 e. The van der Waals surface area contributed by atoms with E-state index >= 15 is 0 Å². The van der Waals surface area contributed by atoms with Gasteiger partial charge in [0, 0.05) is 32.8 Å². The van der Waals surface area contributed by atoms with Gasteiger partial charge in [-0.15, -0.1) is 5.10 Å². The van der Waals surface area contributed by atoms with Gasteiger partial charge in [-0.25, -0.2) is 9.67 Å². The first-order valence-electron chi connectivity index (χ1n) is 11.4. The molecule has 3 aromatic rings. The predicted molar refractivity (Wildman–Crippen MR) is 122 cm³/mol. The molecule has 9 heteroatoms. The molecule has 4 heterocycles. The normalized spacial score (nSPS) is 21.4. The molecule has 0 unspecified atom stereocenters. The van der Waals surface area contributed by atoms with Crippen molar-refractivity contribution in [3.05, 3.63) is 30.1 Å². The molecule has 5 rings (SSSR count). The molecule has 2 saturated heterocycles. The predicted octanol–water partition coefficient (Wildman–Crippen LogP) is 3.37. The van der Waals surface area contributed by atoms with Crippen molar-refractivity contribution in [3.63, 3.8) is 0 Å². The van der Waals surface area contributed by atoms with Gasteiger partial charge < -0.3 is 9.64 Å². The number of thiazole rings is 1. The monoisotopic (exact) mass is 441 g/mol. The summed E-state index contributed by atoms with van der Waals surface area (Å²) < 4.78 is 9.08. The zero-order chi connectivity index (χ0) is 21.2. The molecule has 2 atom stereocenters. The highest BCUT2D eigenvalue weighted by Crippen LogP contribution is 2.32. The number of rotatable bonds is 7.